The van der Waals surface area contributed by atoms with E-state index >= 15 is 0 Å². The number of fused-ring (bicyclic) bond motifs is 3. The van der Waals surface area contributed by atoms with Gasteiger partial charge in [0.15, 0.2) is 5.69 Å². The van der Waals surface area contributed by atoms with E-state index in [1.54, 1.807) is 12.3 Å². The molecule has 0 unspecified atom stereocenters. The number of nitrogens with one attached hydrogen (secondary N) is 1. The van der Waals surface area contributed by atoms with Crippen molar-refractivity contribution in [2.45, 2.75) is 31.9 Å². The summed E-state index contributed by atoms with van der Waals surface area (Å²) in [6.07, 6.45) is 2.89. The summed E-state index contributed by atoms with van der Waals surface area (Å²) in [5.74, 6) is 0.0718. The van der Waals surface area contributed by atoms with Crippen LogP contribution in [0.25, 0.3) is 21.9 Å². The Hall–Kier alpha value is -3.14. The standard InChI is InChI=1S/C16H9F4N5.C5H10O/c17-8-1-2-11-10(3-8)15-12(6-22-11)24-14(25-15)4-9-5-23-13(7-21-9)16(18,19)20;1-2-4-6-5-3-1/h1-3,5-7H,4H2,(H,24,25);1-5H2. The normalized spacial score (nSPS) is 14.5. The monoisotopic (exact) mass is 433 g/mol. The zero-order chi connectivity index (χ0) is 21.8. The second-order valence-corrected chi connectivity index (χ2v) is 7.11. The number of rotatable bonds is 2. The highest BCUT2D eigenvalue weighted by molar-refractivity contribution is 6.01. The van der Waals surface area contributed by atoms with Gasteiger partial charge in [0.1, 0.15) is 11.6 Å². The molecule has 5 rings (SSSR count). The van der Waals surface area contributed by atoms with Crippen LogP contribution >= 0.6 is 0 Å². The lowest BCUT2D eigenvalue weighted by Gasteiger charge is -2.08. The van der Waals surface area contributed by atoms with Gasteiger partial charge >= 0.3 is 6.18 Å². The van der Waals surface area contributed by atoms with E-state index < -0.39 is 17.7 Å². The first kappa shape index (κ1) is 21.1. The van der Waals surface area contributed by atoms with Crippen LogP contribution in [0, 0.1) is 5.82 Å². The van der Waals surface area contributed by atoms with Gasteiger partial charge in [-0.1, -0.05) is 0 Å². The van der Waals surface area contributed by atoms with Crippen molar-refractivity contribution in [3.8, 4) is 0 Å². The molecule has 162 valence electrons. The van der Waals surface area contributed by atoms with E-state index in [0.29, 0.717) is 39.7 Å². The number of aromatic nitrogens is 5. The van der Waals surface area contributed by atoms with Crippen molar-refractivity contribution in [1.29, 1.82) is 0 Å². The molecular formula is C21H19F4N5O. The van der Waals surface area contributed by atoms with Crippen molar-refractivity contribution in [2.24, 2.45) is 0 Å². The van der Waals surface area contributed by atoms with Gasteiger partial charge in [0.05, 0.1) is 34.6 Å². The molecule has 4 aromatic rings. The fourth-order valence-corrected chi connectivity index (χ4v) is 3.22. The van der Waals surface area contributed by atoms with Crippen molar-refractivity contribution in [3.05, 3.63) is 59.8 Å². The number of hydrogen-bond donors (Lipinski definition) is 1. The molecule has 0 radical (unpaired) electrons. The first-order valence-corrected chi connectivity index (χ1v) is 9.79. The quantitative estimate of drug-likeness (QED) is 0.458. The Morgan fingerprint density at radius 3 is 2.39 bits per heavy atom. The van der Waals surface area contributed by atoms with Gasteiger partial charge in [-0.15, -0.1) is 0 Å². The summed E-state index contributed by atoms with van der Waals surface area (Å²) in [7, 11) is 0. The number of nitrogens with zero attached hydrogens (tertiary/aromatic N) is 4. The summed E-state index contributed by atoms with van der Waals surface area (Å²) in [4.78, 5) is 18.8. The highest BCUT2D eigenvalue weighted by atomic mass is 19.4. The first-order chi connectivity index (χ1) is 14.9. The van der Waals surface area contributed by atoms with Crippen LogP contribution in [0.1, 0.15) is 36.5 Å². The maximum absolute atomic E-state index is 13.5. The van der Waals surface area contributed by atoms with Gasteiger partial charge in [-0.2, -0.15) is 13.2 Å². The van der Waals surface area contributed by atoms with Crippen LogP contribution < -0.4 is 0 Å². The molecule has 0 atom stereocenters. The maximum atomic E-state index is 13.5. The summed E-state index contributed by atoms with van der Waals surface area (Å²) < 4.78 is 56.1. The summed E-state index contributed by atoms with van der Waals surface area (Å²) in [6.45, 7) is 2.00. The van der Waals surface area contributed by atoms with Gasteiger partial charge in [-0.05, 0) is 37.5 Å². The fourth-order valence-electron chi connectivity index (χ4n) is 3.22. The highest BCUT2D eigenvalue weighted by Gasteiger charge is 2.32. The van der Waals surface area contributed by atoms with Crippen molar-refractivity contribution in [3.63, 3.8) is 0 Å². The maximum Gasteiger partial charge on any atom is 0.434 e. The van der Waals surface area contributed by atoms with E-state index in [-0.39, 0.29) is 6.42 Å². The molecule has 3 aromatic heterocycles. The lowest BCUT2D eigenvalue weighted by atomic mass is 10.2. The number of imidazole rings is 1. The van der Waals surface area contributed by atoms with Crippen LogP contribution in [0.15, 0.2) is 36.8 Å². The molecule has 1 saturated heterocycles. The Kier molecular flexibility index (Phi) is 6.08. The Bertz CT molecular complexity index is 1160. The van der Waals surface area contributed by atoms with E-state index in [1.807, 2.05) is 0 Å². The van der Waals surface area contributed by atoms with Gasteiger partial charge in [0.2, 0.25) is 0 Å². The van der Waals surface area contributed by atoms with Crippen LogP contribution in [0.3, 0.4) is 0 Å². The average Bonchev–Trinajstić information content (AvgIpc) is 3.18. The van der Waals surface area contributed by atoms with Gasteiger partial charge < -0.3 is 9.72 Å². The molecule has 0 amide bonds. The number of ether oxygens (including phenoxy) is 1. The van der Waals surface area contributed by atoms with Gasteiger partial charge in [-0.3, -0.25) is 9.97 Å². The zero-order valence-corrected chi connectivity index (χ0v) is 16.4. The number of aromatic amines is 1. The van der Waals surface area contributed by atoms with E-state index in [1.165, 1.54) is 31.4 Å². The summed E-state index contributed by atoms with van der Waals surface area (Å²) >= 11 is 0. The van der Waals surface area contributed by atoms with Crippen LogP contribution in [-0.4, -0.2) is 38.1 Å². The number of hydrogen-bond acceptors (Lipinski definition) is 5. The number of halogens is 4. The highest BCUT2D eigenvalue weighted by Crippen LogP contribution is 2.27. The fraction of sp³-hybridized carbons (Fsp3) is 0.333. The molecule has 0 bridgehead atoms. The average molecular weight is 433 g/mol. The summed E-state index contributed by atoms with van der Waals surface area (Å²) in [5.41, 5.74) is 1.02. The number of alkyl halides is 3. The zero-order valence-electron chi connectivity index (χ0n) is 16.4. The predicted octanol–water partition coefficient (Wildman–Crippen LogP) is 4.84. The molecule has 1 N–H and O–H groups in total. The summed E-state index contributed by atoms with van der Waals surface area (Å²) in [5, 5.41) is 0.554. The van der Waals surface area contributed by atoms with Crippen molar-refractivity contribution in [2.75, 3.05) is 13.2 Å². The van der Waals surface area contributed by atoms with E-state index in [0.717, 1.165) is 19.4 Å². The van der Waals surface area contributed by atoms with Crippen LogP contribution in [-0.2, 0) is 17.3 Å². The number of H-pyrrole nitrogens is 1. The number of pyridine rings is 1. The van der Waals surface area contributed by atoms with E-state index in [4.69, 9.17) is 4.74 Å². The van der Waals surface area contributed by atoms with Crippen LogP contribution in [0.5, 0.6) is 0 Å². The molecular weight excluding hydrogens is 414 g/mol. The smallest absolute Gasteiger partial charge is 0.381 e. The van der Waals surface area contributed by atoms with Crippen molar-refractivity contribution in [1.82, 2.24) is 24.9 Å². The lowest BCUT2D eigenvalue weighted by Crippen LogP contribution is -2.09. The number of benzene rings is 1. The summed E-state index contributed by atoms with van der Waals surface area (Å²) in [6, 6.07) is 4.21. The van der Waals surface area contributed by atoms with Crippen molar-refractivity contribution >= 4 is 21.9 Å². The largest absolute Gasteiger partial charge is 0.434 e. The van der Waals surface area contributed by atoms with Crippen LogP contribution in [0.2, 0.25) is 0 Å². The van der Waals surface area contributed by atoms with E-state index in [9.17, 15) is 17.6 Å². The minimum atomic E-state index is -4.53. The second kappa shape index (κ2) is 8.93. The van der Waals surface area contributed by atoms with Gasteiger partial charge in [-0.25, -0.2) is 14.4 Å². The Morgan fingerprint density at radius 1 is 0.968 bits per heavy atom. The van der Waals surface area contributed by atoms with Crippen molar-refractivity contribution < 1.29 is 22.3 Å². The lowest BCUT2D eigenvalue weighted by molar-refractivity contribution is -0.141. The Balaban J connectivity index is 0.000000334. The third-order valence-corrected chi connectivity index (χ3v) is 4.75. The minimum absolute atomic E-state index is 0.163. The minimum Gasteiger partial charge on any atom is -0.381 e. The molecule has 10 heteroatoms. The second-order valence-electron chi connectivity index (χ2n) is 7.11. The third-order valence-electron chi connectivity index (χ3n) is 4.75. The third kappa shape index (κ3) is 5.13. The van der Waals surface area contributed by atoms with Gasteiger partial charge in [0, 0.05) is 31.2 Å². The molecule has 0 spiro atoms. The molecule has 1 aromatic carbocycles. The molecule has 1 aliphatic heterocycles. The van der Waals surface area contributed by atoms with Crippen LogP contribution in [0.4, 0.5) is 17.6 Å². The Morgan fingerprint density at radius 2 is 1.77 bits per heavy atom. The SMILES string of the molecule is C1CCOCC1.Fc1ccc2ncc3[nH]c(Cc4cnc(C(F)(F)F)cn4)nc3c2c1. The molecule has 4 heterocycles. The molecule has 6 nitrogen and oxygen atoms in total. The molecule has 1 aliphatic rings. The first-order valence-electron chi connectivity index (χ1n) is 9.79. The topological polar surface area (TPSA) is 76.6 Å². The predicted molar refractivity (Wildman–Crippen MR) is 106 cm³/mol. The Labute approximate surface area is 174 Å². The molecule has 0 saturated carbocycles. The van der Waals surface area contributed by atoms with E-state index in [2.05, 4.69) is 24.9 Å². The molecule has 0 aliphatic carbocycles. The molecule has 1 fully saturated rings. The molecule has 31 heavy (non-hydrogen) atoms. The van der Waals surface area contributed by atoms with Gasteiger partial charge in [0.25, 0.3) is 0 Å².